The highest BCUT2D eigenvalue weighted by atomic mass is 19.1. The summed E-state index contributed by atoms with van der Waals surface area (Å²) >= 11 is 0. The number of hydrogen-bond acceptors (Lipinski definition) is 3. The van der Waals surface area contributed by atoms with Gasteiger partial charge in [-0.1, -0.05) is 24.3 Å². The molecule has 21 heavy (non-hydrogen) atoms. The van der Waals surface area contributed by atoms with Crippen LogP contribution in [0.3, 0.4) is 0 Å². The van der Waals surface area contributed by atoms with Gasteiger partial charge in [0.25, 0.3) is 0 Å². The maximum atomic E-state index is 13.3. The third-order valence-electron chi connectivity index (χ3n) is 3.50. The minimum absolute atomic E-state index is 0.218. The van der Waals surface area contributed by atoms with Crippen molar-refractivity contribution in [2.75, 3.05) is 17.7 Å². The molecule has 106 valence electrons. The second kappa shape index (κ2) is 5.40. The van der Waals surface area contributed by atoms with Gasteiger partial charge >= 0.3 is 0 Å². The highest BCUT2D eigenvalue weighted by molar-refractivity contribution is 5.97. The smallest absolute Gasteiger partial charge is 0.123 e. The maximum Gasteiger partial charge on any atom is 0.123 e. The van der Waals surface area contributed by atoms with Crippen molar-refractivity contribution in [3.63, 3.8) is 0 Å². The lowest BCUT2D eigenvalue weighted by Gasteiger charge is -2.21. The molecule has 0 atom stereocenters. The first kappa shape index (κ1) is 13.4. The standard InChI is InChI=1S/C17H16FN3/c1-21(11-12-4-2-5-13(18)10-12)16-8-9-20-17-14(16)6-3-7-15(17)19/h2-10H,11,19H2,1H3. The van der Waals surface area contributed by atoms with Crippen LogP contribution in [0.5, 0.6) is 0 Å². The van der Waals surface area contributed by atoms with Gasteiger partial charge in [-0.25, -0.2) is 4.39 Å². The minimum atomic E-state index is -0.218. The Balaban J connectivity index is 1.98. The third kappa shape index (κ3) is 2.65. The van der Waals surface area contributed by atoms with Gasteiger partial charge in [-0.3, -0.25) is 4.98 Å². The summed E-state index contributed by atoms with van der Waals surface area (Å²) in [5.41, 5.74) is 9.37. The summed E-state index contributed by atoms with van der Waals surface area (Å²) in [4.78, 5) is 6.40. The predicted molar refractivity (Wildman–Crippen MR) is 84.7 cm³/mol. The van der Waals surface area contributed by atoms with E-state index in [4.69, 9.17) is 5.73 Å². The van der Waals surface area contributed by atoms with Gasteiger partial charge in [0.2, 0.25) is 0 Å². The molecule has 0 bridgehead atoms. The maximum absolute atomic E-state index is 13.3. The Morgan fingerprint density at radius 1 is 1.14 bits per heavy atom. The number of nitrogens with zero attached hydrogens (tertiary/aromatic N) is 2. The van der Waals surface area contributed by atoms with Gasteiger partial charge in [0.05, 0.1) is 11.2 Å². The van der Waals surface area contributed by atoms with Gasteiger partial charge in [0.15, 0.2) is 0 Å². The van der Waals surface area contributed by atoms with Crippen molar-refractivity contribution in [3.8, 4) is 0 Å². The topological polar surface area (TPSA) is 42.2 Å². The van der Waals surface area contributed by atoms with Crippen molar-refractivity contribution in [3.05, 3.63) is 66.1 Å². The SMILES string of the molecule is CN(Cc1cccc(F)c1)c1ccnc2c(N)cccc12. The lowest BCUT2D eigenvalue weighted by atomic mass is 10.1. The molecular weight excluding hydrogens is 265 g/mol. The first-order valence-electron chi connectivity index (χ1n) is 6.74. The first-order valence-corrected chi connectivity index (χ1v) is 6.74. The van der Waals surface area contributed by atoms with Crippen LogP contribution in [0.1, 0.15) is 5.56 Å². The van der Waals surface area contributed by atoms with Crippen LogP contribution in [0, 0.1) is 5.82 Å². The van der Waals surface area contributed by atoms with Gasteiger partial charge in [-0.2, -0.15) is 0 Å². The fourth-order valence-corrected chi connectivity index (χ4v) is 2.51. The minimum Gasteiger partial charge on any atom is -0.397 e. The number of para-hydroxylation sites is 1. The number of benzene rings is 2. The average molecular weight is 281 g/mol. The quantitative estimate of drug-likeness (QED) is 0.746. The fourth-order valence-electron chi connectivity index (χ4n) is 2.51. The Hall–Kier alpha value is -2.62. The van der Waals surface area contributed by atoms with Crippen LogP contribution in [-0.4, -0.2) is 12.0 Å². The Morgan fingerprint density at radius 2 is 1.95 bits per heavy atom. The summed E-state index contributed by atoms with van der Waals surface area (Å²) < 4.78 is 13.3. The third-order valence-corrected chi connectivity index (χ3v) is 3.50. The van der Waals surface area contributed by atoms with Crippen molar-refractivity contribution in [1.82, 2.24) is 4.98 Å². The van der Waals surface area contributed by atoms with E-state index in [1.54, 1.807) is 18.3 Å². The van der Waals surface area contributed by atoms with Gasteiger partial charge in [-0.05, 0) is 29.8 Å². The first-order chi connectivity index (χ1) is 10.1. The largest absolute Gasteiger partial charge is 0.397 e. The predicted octanol–water partition coefficient (Wildman–Crippen LogP) is 3.59. The van der Waals surface area contributed by atoms with E-state index in [1.165, 1.54) is 6.07 Å². The van der Waals surface area contributed by atoms with E-state index in [1.807, 2.05) is 37.4 Å². The summed E-state index contributed by atoms with van der Waals surface area (Å²) in [5.74, 6) is -0.218. The van der Waals surface area contributed by atoms with Gasteiger partial charge in [-0.15, -0.1) is 0 Å². The van der Waals surface area contributed by atoms with E-state index in [0.717, 1.165) is 22.2 Å². The highest BCUT2D eigenvalue weighted by Gasteiger charge is 2.09. The molecule has 0 aliphatic carbocycles. The normalized spacial score (nSPS) is 10.8. The summed E-state index contributed by atoms with van der Waals surface area (Å²) in [7, 11) is 1.98. The number of aromatic nitrogens is 1. The molecule has 0 saturated heterocycles. The number of anilines is 2. The van der Waals surface area contributed by atoms with E-state index in [9.17, 15) is 4.39 Å². The van der Waals surface area contributed by atoms with Gasteiger partial charge < -0.3 is 10.6 Å². The van der Waals surface area contributed by atoms with Crippen LogP contribution in [0.2, 0.25) is 0 Å². The van der Waals surface area contributed by atoms with E-state index in [-0.39, 0.29) is 5.82 Å². The number of rotatable bonds is 3. The number of hydrogen-bond donors (Lipinski definition) is 1. The Labute approximate surface area is 122 Å². The molecule has 0 amide bonds. The molecule has 3 aromatic rings. The Kier molecular flexibility index (Phi) is 3.44. The molecule has 0 aliphatic rings. The number of nitrogen functional groups attached to an aromatic ring is 1. The van der Waals surface area contributed by atoms with Crippen molar-refractivity contribution >= 4 is 22.3 Å². The molecule has 1 aromatic heterocycles. The van der Waals surface area contributed by atoms with Crippen LogP contribution >= 0.6 is 0 Å². The van der Waals surface area contributed by atoms with Crippen molar-refractivity contribution < 1.29 is 4.39 Å². The molecule has 1 heterocycles. The zero-order valence-corrected chi connectivity index (χ0v) is 11.8. The molecular formula is C17H16FN3. The van der Waals surface area contributed by atoms with Crippen molar-refractivity contribution in [1.29, 1.82) is 0 Å². The zero-order valence-electron chi connectivity index (χ0n) is 11.8. The molecule has 0 fully saturated rings. The molecule has 3 rings (SSSR count). The Bertz CT molecular complexity index is 786. The molecule has 0 spiro atoms. The lowest BCUT2D eigenvalue weighted by Crippen LogP contribution is -2.17. The molecule has 2 N–H and O–H groups in total. The molecule has 0 unspecified atom stereocenters. The Morgan fingerprint density at radius 3 is 2.76 bits per heavy atom. The lowest BCUT2D eigenvalue weighted by molar-refractivity contribution is 0.625. The van der Waals surface area contributed by atoms with Crippen LogP contribution < -0.4 is 10.6 Å². The summed E-state index contributed by atoms with van der Waals surface area (Å²) in [6.07, 6.45) is 1.75. The molecule has 4 heteroatoms. The summed E-state index contributed by atoms with van der Waals surface area (Å²) in [5, 5.41) is 0.997. The van der Waals surface area contributed by atoms with Gasteiger partial charge in [0.1, 0.15) is 5.82 Å². The average Bonchev–Trinajstić information content (AvgIpc) is 2.47. The fraction of sp³-hybridized carbons (Fsp3) is 0.118. The van der Waals surface area contributed by atoms with Crippen LogP contribution in [0.15, 0.2) is 54.7 Å². The van der Waals surface area contributed by atoms with E-state index < -0.39 is 0 Å². The van der Waals surface area contributed by atoms with E-state index in [2.05, 4.69) is 9.88 Å². The van der Waals surface area contributed by atoms with E-state index in [0.29, 0.717) is 12.2 Å². The van der Waals surface area contributed by atoms with Crippen LogP contribution in [0.25, 0.3) is 10.9 Å². The zero-order chi connectivity index (χ0) is 14.8. The number of fused-ring (bicyclic) bond motifs is 1. The molecule has 0 saturated carbocycles. The van der Waals surface area contributed by atoms with Gasteiger partial charge in [0, 0.05) is 30.9 Å². The highest BCUT2D eigenvalue weighted by Crippen LogP contribution is 2.28. The molecule has 3 nitrogen and oxygen atoms in total. The second-order valence-corrected chi connectivity index (χ2v) is 5.06. The number of nitrogens with two attached hydrogens (primary N) is 1. The number of halogens is 1. The molecule has 2 aromatic carbocycles. The van der Waals surface area contributed by atoms with Crippen molar-refractivity contribution in [2.45, 2.75) is 6.54 Å². The monoisotopic (exact) mass is 281 g/mol. The summed E-state index contributed by atoms with van der Waals surface area (Å²) in [6.45, 7) is 0.617. The summed E-state index contributed by atoms with van der Waals surface area (Å²) in [6, 6.07) is 14.3. The van der Waals surface area contributed by atoms with Crippen LogP contribution in [0.4, 0.5) is 15.8 Å². The molecule has 0 aliphatic heterocycles. The second-order valence-electron chi connectivity index (χ2n) is 5.06. The van der Waals surface area contributed by atoms with E-state index >= 15 is 0 Å². The van der Waals surface area contributed by atoms with Crippen LogP contribution in [-0.2, 0) is 6.54 Å². The molecule has 0 radical (unpaired) electrons. The number of pyridine rings is 1. The van der Waals surface area contributed by atoms with Crippen molar-refractivity contribution in [2.24, 2.45) is 0 Å².